The van der Waals surface area contributed by atoms with Crippen LogP contribution in [0.15, 0.2) is 53.6 Å². The fourth-order valence-electron chi connectivity index (χ4n) is 1.99. The Morgan fingerprint density at radius 1 is 1.04 bits per heavy atom. The maximum absolute atomic E-state index is 12.8. The number of hydrogen-bond acceptors (Lipinski definition) is 2. The van der Waals surface area contributed by atoms with Crippen molar-refractivity contribution in [2.45, 2.75) is 26.3 Å². The number of carbonyl (C=O) groups excluding carboxylic acids is 1. The molecule has 0 unspecified atom stereocenters. The van der Waals surface area contributed by atoms with Crippen molar-refractivity contribution in [3.8, 4) is 0 Å². The van der Waals surface area contributed by atoms with Crippen LogP contribution in [0.4, 0.5) is 0 Å². The van der Waals surface area contributed by atoms with Crippen molar-refractivity contribution in [1.82, 2.24) is 5.01 Å². The van der Waals surface area contributed by atoms with Crippen molar-refractivity contribution >= 4 is 35.3 Å². The molecule has 0 saturated carbocycles. The zero-order valence-corrected chi connectivity index (χ0v) is 14.8. The molecule has 0 bridgehead atoms. The average molecular weight is 349 g/mol. The number of rotatable bonds is 3. The lowest BCUT2D eigenvalue weighted by atomic mass is 10.1. The highest BCUT2D eigenvalue weighted by atomic mass is 35.5. The molecule has 2 aromatic rings. The zero-order chi connectivity index (χ0) is 17.0. The van der Waals surface area contributed by atoms with Gasteiger partial charge in [-0.05, 0) is 44.5 Å². The fraction of sp³-hybridized carbons (Fsp3) is 0.222. The summed E-state index contributed by atoms with van der Waals surface area (Å²) in [4.78, 5) is 12.8. The van der Waals surface area contributed by atoms with E-state index in [-0.39, 0.29) is 5.91 Å². The molecule has 0 spiro atoms. The van der Waals surface area contributed by atoms with Crippen LogP contribution < -0.4 is 0 Å². The maximum atomic E-state index is 12.8. The minimum Gasteiger partial charge on any atom is -0.267 e. The molecule has 1 amide bonds. The largest absolute Gasteiger partial charge is 0.274 e. The van der Waals surface area contributed by atoms with Crippen LogP contribution in [0.5, 0.6) is 0 Å². The van der Waals surface area contributed by atoms with Crippen molar-refractivity contribution in [2.75, 3.05) is 0 Å². The van der Waals surface area contributed by atoms with Gasteiger partial charge in [0.1, 0.15) is 0 Å². The van der Waals surface area contributed by atoms with Gasteiger partial charge in [-0.15, -0.1) is 0 Å². The fourth-order valence-corrected chi connectivity index (χ4v) is 2.52. The molecule has 0 heterocycles. The van der Waals surface area contributed by atoms with Crippen LogP contribution in [0, 0.1) is 0 Å². The van der Waals surface area contributed by atoms with Crippen LogP contribution in [0.1, 0.15) is 36.7 Å². The molecule has 3 nitrogen and oxygen atoms in total. The number of halogens is 2. The summed E-state index contributed by atoms with van der Waals surface area (Å²) in [6.45, 7) is 5.75. The summed E-state index contributed by atoms with van der Waals surface area (Å²) in [5, 5.41) is 6.64. The first-order valence-corrected chi connectivity index (χ1v) is 7.92. The standard InChI is InChI=1S/C18H18Cl2N2O/c1-18(2,3)22(21-12-13-7-5-4-6-8-13)17(23)14-9-15(19)11-16(20)10-14/h4-12H,1-3H3/b21-12+. The number of carbonyl (C=O) groups is 1. The highest BCUT2D eigenvalue weighted by molar-refractivity contribution is 6.35. The minimum absolute atomic E-state index is 0.255. The molecule has 0 atom stereocenters. The van der Waals surface area contributed by atoms with Crippen molar-refractivity contribution in [3.63, 3.8) is 0 Å². The molecule has 23 heavy (non-hydrogen) atoms. The summed E-state index contributed by atoms with van der Waals surface area (Å²) < 4.78 is 0. The first-order chi connectivity index (χ1) is 10.8. The summed E-state index contributed by atoms with van der Waals surface area (Å²) in [6.07, 6.45) is 1.66. The van der Waals surface area contributed by atoms with Crippen molar-refractivity contribution in [2.24, 2.45) is 5.10 Å². The first kappa shape index (κ1) is 17.5. The van der Waals surface area contributed by atoms with Crippen LogP contribution in [-0.2, 0) is 0 Å². The molecular formula is C18H18Cl2N2O. The Kier molecular flexibility index (Phi) is 5.45. The normalized spacial score (nSPS) is 11.7. The van der Waals surface area contributed by atoms with Gasteiger partial charge in [-0.2, -0.15) is 5.10 Å². The second kappa shape index (κ2) is 7.16. The summed E-state index contributed by atoms with van der Waals surface area (Å²) in [5.41, 5.74) is 0.832. The third-order valence-electron chi connectivity index (χ3n) is 3.06. The highest BCUT2D eigenvalue weighted by Crippen LogP contribution is 2.23. The van der Waals surface area contributed by atoms with Gasteiger partial charge in [-0.3, -0.25) is 4.79 Å². The molecule has 0 saturated heterocycles. The average Bonchev–Trinajstić information content (AvgIpc) is 2.46. The number of nitrogens with zero attached hydrogens (tertiary/aromatic N) is 2. The Hall–Kier alpha value is -1.84. The lowest BCUT2D eigenvalue weighted by Gasteiger charge is -2.31. The Bertz CT molecular complexity index is 701. The quantitative estimate of drug-likeness (QED) is 0.549. The summed E-state index contributed by atoms with van der Waals surface area (Å²) in [6, 6.07) is 14.4. The van der Waals surface area contributed by atoms with E-state index in [9.17, 15) is 4.79 Å². The van der Waals surface area contributed by atoms with Crippen molar-refractivity contribution < 1.29 is 4.79 Å². The molecule has 2 rings (SSSR count). The molecule has 0 radical (unpaired) electrons. The second-order valence-corrected chi connectivity index (χ2v) is 6.97. The van der Waals surface area contributed by atoms with Crippen molar-refractivity contribution in [1.29, 1.82) is 0 Å². The smallest absolute Gasteiger partial charge is 0.267 e. The molecule has 0 aliphatic heterocycles. The molecule has 0 aliphatic carbocycles. The van der Waals surface area contributed by atoms with Gasteiger partial charge in [0.25, 0.3) is 5.91 Å². The predicted octanol–water partition coefficient (Wildman–Crippen LogP) is 5.27. The second-order valence-electron chi connectivity index (χ2n) is 6.10. The monoisotopic (exact) mass is 348 g/mol. The van der Waals surface area contributed by atoms with E-state index >= 15 is 0 Å². The van der Waals surface area contributed by atoms with Gasteiger partial charge in [-0.1, -0.05) is 53.5 Å². The lowest BCUT2D eigenvalue weighted by Crippen LogP contribution is -2.42. The van der Waals surface area contributed by atoms with E-state index in [1.807, 2.05) is 51.1 Å². The predicted molar refractivity (Wildman–Crippen MR) is 96.4 cm³/mol. The molecule has 0 aliphatic rings. The van der Waals surface area contributed by atoms with E-state index in [2.05, 4.69) is 5.10 Å². The summed E-state index contributed by atoms with van der Waals surface area (Å²) in [7, 11) is 0. The molecule has 120 valence electrons. The first-order valence-electron chi connectivity index (χ1n) is 7.17. The molecule has 2 aromatic carbocycles. The molecule has 0 fully saturated rings. The third kappa shape index (κ3) is 4.81. The van der Waals surface area contributed by atoms with E-state index in [1.165, 1.54) is 5.01 Å². The molecule has 0 aromatic heterocycles. The van der Waals surface area contributed by atoms with E-state index in [1.54, 1.807) is 24.4 Å². The van der Waals surface area contributed by atoms with Crippen LogP contribution in [0.3, 0.4) is 0 Å². The van der Waals surface area contributed by atoms with Crippen LogP contribution in [0.2, 0.25) is 10.0 Å². The highest BCUT2D eigenvalue weighted by Gasteiger charge is 2.27. The van der Waals surface area contributed by atoms with E-state index in [0.717, 1.165) is 5.56 Å². The zero-order valence-electron chi connectivity index (χ0n) is 13.3. The third-order valence-corrected chi connectivity index (χ3v) is 3.50. The van der Waals surface area contributed by atoms with Crippen LogP contribution >= 0.6 is 23.2 Å². The van der Waals surface area contributed by atoms with E-state index in [4.69, 9.17) is 23.2 Å². The van der Waals surface area contributed by atoms with Gasteiger partial charge < -0.3 is 0 Å². The van der Waals surface area contributed by atoms with Gasteiger partial charge in [0.15, 0.2) is 0 Å². The Morgan fingerprint density at radius 2 is 1.61 bits per heavy atom. The Balaban J connectivity index is 2.35. The summed E-state index contributed by atoms with van der Waals surface area (Å²) in [5.74, 6) is -0.255. The van der Waals surface area contributed by atoms with Gasteiger partial charge >= 0.3 is 0 Å². The van der Waals surface area contributed by atoms with E-state index in [0.29, 0.717) is 15.6 Å². The number of hydrazone groups is 1. The minimum atomic E-state index is -0.489. The van der Waals surface area contributed by atoms with Crippen molar-refractivity contribution in [3.05, 3.63) is 69.7 Å². The maximum Gasteiger partial charge on any atom is 0.274 e. The van der Waals surface area contributed by atoms with E-state index < -0.39 is 5.54 Å². The van der Waals surface area contributed by atoms with Gasteiger partial charge in [0.2, 0.25) is 0 Å². The van der Waals surface area contributed by atoms with Gasteiger partial charge in [-0.25, -0.2) is 5.01 Å². The molecule has 0 N–H and O–H groups in total. The summed E-state index contributed by atoms with van der Waals surface area (Å²) >= 11 is 12.0. The van der Waals surface area contributed by atoms with Gasteiger partial charge in [0, 0.05) is 15.6 Å². The topological polar surface area (TPSA) is 32.7 Å². The molecule has 5 heteroatoms. The van der Waals surface area contributed by atoms with Crippen LogP contribution in [0.25, 0.3) is 0 Å². The lowest BCUT2D eigenvalue weighted by molar-refractivity contribution is 0.0593. The Morgan fingerprint density at radius 3 is 2.13 bits per heavy atom. The SMILES string of the molecule is CC(C)(C)N(/N=C/c1ccccc1)C(=O)c1cc(Cl)cc(Cl)c1. The number of benzene rings is 2. The number of amides is 1. The van der Waals surface area contributed by atoms with Gasteiger partial charge in [0.05, 0.1) is 11.8 Å². The van der Waals surface area contributed by atoms with Crippen LogP contribution in [-0.4, -0.2) is 22.7 Å². The number of hydrogen-bond donors (Lipinski definition) is 0. The molecular weight excluding hydrogens is 331 g/mol. The Labute approximate surface area is 146 Å².